The third-order valence-electron chi connectivity index (χ3n) is 2.78. The molecule has 0 radical (unpaired) electrons. The minimum Gasteiger partial charge on any atom is -0.468 e. The molecule has 0 saturated carbocycles. The molecule has 0 bridgehead atoms. The fraction of sp³-hybridized carbons (Fsp3) is 0.900. The molecule has 0 aromatic rings. The Morgan fingerprint density at radius 1 is 1.62 bits per heavy atom. The van der Waals surface area contributed by atoms with E-state index in [2.05, 4.69) is 12.2 Å². The molecule has 0 unspecified atom stereocenters. The number of carbonyl (C=O) groups excluding carboxylic acids is 1. The summed E-state index contributed by atoms with van der Waals surface area (Å²) in [6, 6.07) is 0. The molecule has 1 heterocycles. The molecule has 0 spiro atoms. The van der Waals surface area contributed by atoms with E-state index in [9.17, 15) is 4.79 Å². The SMILES string of the molecule is CCCC[C@]1(C(=O)OC)CCCN1. The monoisotopic (exact) mass is 185 g/mol. The van der Waals surface area contributed by atoms with Gasteiger partial charge < -0.3 is 10.1 Å². The van der Waals surface area contributed by atoms with Gasteiger partial charge in [0.15, 0.2) is 0 Å². The van der Waals surface area contributed by atoms with E-state index in [1.54, 1.807) is 0 Å². The Morgan fingerprint density at radius 3 is 2.85 bits per heavy atom. The van der Waals surface area contributed by atoms with Crippen LogP contribution in [0.2, 0.25) is 0 Å². The van der Waals surface area contributed by atoms with Crippen LogP contribution in [0.1, 0.15) is 39.0 Å². The summed E-state index contributed by atoms with van der Waals surface area (Å²) in [5.74, 6) is -0.0848. The summed E-state index contributed by atoms with van der Waals surface area (Å²) in [4.78, 5) is 11.6. The summed E-state index contributed by atoms with van der Waals surface area (Å²) in [6.07, 6.45) is 5.14. The van der Waals surface area contributed by atoms with E-state index in [1.165, 1.54) is 7.11 Å². The maximum absolute atomic E-state index is 11.6. The van der Waals surface area contributed by atoms with E-state index in [-0.39, 0.29) is 11.5 Å². The van der Waals surface area contributed by atoms with Gasteiger partial charge in [-0.1, -0.05) is 19.8 Å². The maximum Gasteiger partial charge on any atom is 0.326 e. The smallest absolute Gasteiger partial charge is 0.326 e. The van der Waals surface area contributed by atoms with Gasteiger partial charge in [-0.05, 0) is 25.8 Å². The number of esters is 1. The largest absolute Gasteiger partial charge is 0.468 e. The Balaban J connectivity index is 2.57. The Kier molecular flexibility index (Phi) is 3.72. The average molecular weight is 185 g/mol. The number of unbranched alkanes of at least 4 members (excludes halogenated alkanes) is 1. The van der Waals surface area contributed by atoms with Crippen molar-refractivity contribution in [3.63, 3.8) is 0 Å². The fourth-order valence-corrected chi connectivity index (χ4v) is 1.97. The number of methoxy groups -OCH3 is 1. The molecule has 13 heavy (non-hydrogen) atoms. The second-order valence-electron chi connectivity index (χ2n) is 3.71. The van der Waals surface area contributed by atoms with E-state index in [1.807, 2.05) is 0 Å². The van der Waals surface area contributed by atoms with Crippen LogP contribution in [-0.4, -0.2) is 25.2 Å². The van der Waals surface area contributed by atoms with Gasteiger partial charge in [0.25, 0.3) is 0 Å². The van der Waals surface area contributed by atoms with Crippen molar-refractivity contribution in [1.82, 2.24) is 5.32 Å². The topological polar surface area (TPSA) is 38.3 Å². The van der Waals surface area contributed by atoms with Crippen LogP contribution in [-0.2, 0) is 9.53 Å². The third-order valence-corrected chi connectivity index (χ3v) is 2.78. The summed E-state index contributed by atoms with van der Waals surface area (Å²) in [7, 11) is 1.47. The minimum atomic E-state index is -0.356. The Labute approximate surface area is 79.8 Å². The third kappa shape index (κ3) is 2.21. The number of nitrogens with one attached hydrogen (secondary N) is 1. The molecule has 3 nitrogen and oxygen atoms in total. The van der Waals surface area contributed by atoms with E-state index < -0.39 is 0 Å². The molecular weight excluding hydrogens is 166 g/mol. The Bertz CT molecular complexity index is 174. The number of hydrogen-bond acceptors (Lipinski definition) is 3. The molecule has 0 amide bonds. The van der Waals surface area contributed by atoms with Crippen LogP contribution in [0.5, 0.6) is 0 Å². The zero-order valence-electron chi connectivity index (χ0n) is 8.56. The Morgan fingerprint density at radius 2 is 2.38 bits per heavy atom. The van der Waals surface area contributed by atoms with Crippen LogP contribution in [0, 0.1) is 0 Å². The molecule has 1 aliphatic heterocycles. The highest BCUT2D eigenvalue weighted by atomic mass is 16.5. The summed E-state index contributed by atoms with van der Waals surface area (Å²) >= 11 is 0. The van der Waals surface area contributed by atoms with Crippen molar-refractivity contribution in [2.24, 2.45) is 0 Å². The molecule has 0 aromatic carbocycles. The van der Waals surface area contributed by atoms with Crippen molar-refractivity contribution in [2.45, 2.75) is 44.6 Å². The first-order valence-electron chi connectivity index (χ1n) is 5.08. The maximum atomic E-state index is 11.6. The number of ether oxygens (including phenoxy) is 1. The molecule has 0 aromatic heterocycles. The van der Waals surface area contributed by atoms with Gasteiger partial charge in [-0.3, -0.25) is 4.79 Å². The molecule has 76 valence electrons. The van der Waals surface area contributed by atoms with Gasteiger partial charge in [0.2, 0.25) is 0 Å². The quantitative estimate of drug-likeness (QED) is 0.674. The van der Waals surface area contributed by atoms with Gasteiger partial charge in [0, 0.05) is 0 Å². The summed E-state index contributed by atoms with van der Waals surface area (Å²) in [5, 5.41) is 3.28. The van der Waals surface area contributed by atoms with Gasteiger partial charge in [-0.25, -0.2) is 0 Å². The first-order valence-corrected chi connectivity index (χ1v) is 5.08. The van der Waals surface area contributed by atoms with E-state index >= 15 is 0 Å². The molecule has 0 aliphatic carbocycles. The van der Waals surface area contributed by atoms with Crippen LogP contribution >= 0.6 is 0 Å². The lowest BCUT2D eigenvalue weighted by Crippen LogP contribution is -2.48. The second kappa shape index (κ2) is 4.61. The van der Waals surface area contributed by atoms with E-state index in [0.29, 0.717) is 0 Å². The fourth-order valence-electron chi connectivity index (χ4n) is 1.97. The summed E-state index contributed by atoms with van der Waals surface area (Å²) in [5.41, 5.74) is -0.356. The van der Waals surface area contributed by atoms with Gasteiger partial charge in [-0.15, -0.1) is 0 Å². The van der Waals surface area contributed by atoms with Crippen molar-refractivity contribution in [1.29, 1.82) is 0 Å². The predicted octanol–water partition coefficient (Wildman–Crippen LogP) is 1.47. The summed E-state index contributed by atoms with van der Waals surface area (Å²) in [6.45, 7) is 3.08. The second-order valence-corrected chi connectivity index (χ2v) is 3.71. The number of rotatable bonds is 4. The van der Waals surface area contributed by atoms with Crippen molar-refractivity contribution in [3.8, 4) is 0 Å². The van der Waals surface area contributed by atoms with Gasteiger partial charge in [-0.2, -0.15) is 0 Å². The zero-order valence-corrected chi connectivity index (χ0v) is 8.56. The van der Waals surface area contributed by atoms with Gasteiger partial charge in [0.05, 0.1) is 7.11 Å². The van der Waals surface area contributed by atoms with Gasteiger partial charge in [0.1, 0.15) is 5.54 Å². The highest BCUT2D eigenvalue weighted by molar-refractivity contribution is 5.81. The lowest BCUT2D eigenvalue weighted by atomic mass is 9.91. The van der Waals surface area contributed by atoms with Crippen LogP contribution in [0.3, 0.4) is 0 Å². The minimum absolute atomic E-state index is 0.0848. The van der Waals surface area contributed by atoms with Crippen LogP contribution in [0.25, 0.3) is 0 Å². The molecule has 1 fully saturated rings. The highest BCUT2D eigenvalue weighted by Gasteiger charge is 2.40. The highest BCUT2D eigenvalue weighted by Crippen LogP contribution is 2.26. The van der Waals surface area contributed by atoms with Crippen molar-refractivity contribution in [3.05, 3.63) is 0 Å². The van der Waals surface area contributed by atoms with E-state index in [4.69, 9.17) is 4.74 Å². The Hall–Kier alpha value is -0.570. The lowest BCUT2D eigenvalue weighted by Gasteiger charge is -2.25. The van der Waals surface area contributed by atoms with E-state index in [0.717, 1.165) is 38.6 Å². The molecular formula is C10H19NO2. The molecule has 1 saturated heterocycles. The standard InChI is InChI=1S/C10H19NO2/c1-3-4-6-10(9(12)13-2)7-5-8-11-10/h11H,3-8H2,1-2H3/t10-/m1/s1. The molecule has 1 N–H and O–H groups in total. The number of carbonyl (C=O) groups is 1. The average Bonchev–Trinajstić information content (AvgIpc) is 2.63. The van der Waals surface area contributed by atoms with Crippen molar-refractivity contribution < 1.29 is 9.53 Å². The normalized spacial score (nSPS) is 27.5. The van der Waals surface area contributed by atoms with Crippen molar-refractivity contribution in [2.75, 3.05) is 13.7 Å². The molecule has 1 aliphatic rings. The number of hydrogen-bond donors (Lipinski definition) is 1. The zero-order chi connectivity index (χ0) is 9.73. The van der Waals surface area contributed by atoms with Gasteiger partial charge >= 0.3 is 5.97 Å². The van der Waals surface area contributed by atoms with Crippen molar-refractivity contribution >= 4 is 5.97 Å². The lowest BCUT2D eigenvalue weighted by molar-refractivity contribution is -0.148. The summed E-state index contributed by atoms with van der Waals surface area (Å²) < 4.78 is 4.83. The molecule has 1 atom stereocenters. The molecule has 3 heteroatoms. The first-order chi connectivity index (χ1) is 6.25. The molecule has 1 rings (SSSR count). The predicted molar refractivity (Wildman–Crippen MR) is 51.5 cm³/mol. The first kappa shape index (κ1) is 10.5. The van der Waals surface area contributed by atoms with Crippen LogP contribution in [0.4, 0.5) is 0 Å². The van der Waals surface area contributed by atoms with Crippen LogP contribution in [0.15, 0.2) is 0 Å². The van der Waals surface area contributed by atoms with Crippen LogP contribution < -0.4 is 5.32 Å².